The number of phenolic OH excluding ortho intramolecular Hbond substituents is 2. The van der Waals surface area contributed by atoms with Gasteiger partial charge in [-0.1, -0.05) is 22.3 Å². The highest BCUT2D eigenvalue weighted by Crippen LogP contribution is 2.52. The highest BCUT2D eigenvalue weighted by atomic mass is 32.3. The van der Waals surface area contributed by atoms with Crippen LogP contribution in [0, 0.1) is 0 Å². The second kappa shape index (κ2) is 11.0. The molecule has 234 valence electrons. The molecular weight excluding hydrogens is 586 g/mol. The summed E-state index contributed by atoms with van der Waals surface area (Å²) >= 11 is 0. The van der Waals surface area contributed by atoms with Crippen LogP contribution in [-0.4, -0.2) is 103 Å². The molecule has 43 heavy (non-hydrogen) atoms. The number of ether oxygens (including phenoxy) is 3. The molecule has 1 heterocycles. The number of hydrogen-bond donors (Lipinski definition) is 7. The first-order chi connectivity index (χ1) is 20.1. The van der Waals surface area contributed by atoms with Crippen LogP contribution in [0.15, 0.2) is 18.2 Å². The average Bonchev–Trinajstić information content (AvgIpc) is 2.94. The summed E-state index contributed by atoms with van der Waals surface area (Å²) in [5, 5.41) is 54.6. The molecule has 13 nitrogen and oxygen atoms in total. The Morgan fingerprint density at radius 2 is 1.81 bits per heavy atom. The topological polar surface area (TPSA) is 209 Å². The van der Waals surface area contributed by atoms with Crippen LogP contribution in [0.25, 0.3) is 0 Å². The van der Waals surface area contributed by atoms with E-state index in [-0.39, 0.29) is 34.4 Å². The maximum absolute atomic E-state index is 13.8. The fraction of sp³-hybridized carbons (Fsp3) is 0.483. The summed E-state index contributed by atoms with van der Waals surface area (Å²) in [6.45, 7) is 0.526. The number of aliphatic hydroxyl groups is 3. The number of rotatable bonds is 7. The summed E-state index contributed by atoms with van der Waals surface area (Å²) in [7, 11) is -1.50. The Kier molecular flexibility index (Phi) is 8.01. The minimum absolute atomic E-state index is 0.0327. The number of phenols is 2. The predicted molar refractivity (Wildman–Crippen MR) is 152 cm³/mol. The number of Topliss-reactive ketones (excluding diaryl/α,β-unsaturated/α-hetero) is 1. The third kappa shape index (κ3) is 5.26. The van der Waals surface area contributed by atoms with Crippen molar-refractivity contribution in [3.05, 3.63) is 51.6 Å². The molecule has 2 aromatic carbocycles. The van der Waals surface area contributed by atoms with E-state index in [1.54, 1.807) is 6.92 Å². The number of fused-ring (bicyclic) bond motifs is 3. The number of thiol groups is 1. The summed E-state index contributed by atoms with van der Waals surface area (Å²) in [5.74, 6) is -3.90. The second-order valence-corrected chi connectivity index (χ2v) is 14.5. The zero-order chi connectivity index (χ0) is 31.6. The van der Waals surface area contributed by atoms with Gasteiger partial charge in [-0.05, 0) is 13.0 Å². The Morgan fingerprint density at radius 1 is 1.14 bits per heavy atom. The van der Waals surface area contributed by atoms with Crippen LogP contribution in [0.4, 0.5) is 0 Å². The Labute approximate surface area is 247 Å². The number of carbonyl (C=O) groups excluding carboxylic acids is 3. The molecule has 3 aliphatic rings. The van der Waals surface area contributed by atoms with E-state index in [9.17, 15) is 44.1 Å². The molecule has 1 aliphatic heterocycles. The molecule has 6 N–H and O–H groups in total. The zero-order valence-corrected chi connectivity index (χ0v) is 24.9. The SMILES string of the molecule is COc1cccc2c1C(=O)c1c(O)c3c(c(O)c1C2=O)C[C@@](O)(C(=O)CO)C[C@@H]3OC1CC(N[SH](C)(C)=O)C(O)C(C)O1. The monoisotopic (exact) mass is 621 g/mol. The van der Waals surface area contributed by atoms with Gasteiger partial charge in [-0.2, -0.15) is 0 Å². The fourth-order valence-corrected chi connectivity index (χ4v) is 7.30. The van der Waals surface area contributed by atoms with Crippen molar-refractivity contribution >= 4 is 27.5 Å². The lowest BCUT2D eigenvalue weighted by Crippen LogP contribution is -2.56. The number of nitrogens with one attached hydrogen (secondary N) is 1. The van der Waals surface area contributed by atoms with Crippen molar-refractivity contribution in [2.75, 3.05) is 26.2 Å². The minimum atomic E-state index is -2.82. The van der Waals surface area contributed by atoms with Crippen LogP contribution in [0.5, 0.6) is 17.2 Å². The van der Waals surface area contributed by atoms with Crippen molar-refractivity contribution in [3.63, 3.8) is 0 Å². The van der Waals surface area contributed by atoms with E-state index >= 15 is 0 Å². The van der Waals surface area contributed by atoms with Gasteiger partial charge in [0, 0.05) is 48.5 Å². The number of hydrogen-bond acceptors (Lipinski definition) is 12. The second-order valence-electron chi connectivity index (χ2n) is 11.6. The molecule has 1 saturated heterocycles. The van der Waals surface area contributed by atoms with Crippen molar-refractivity contribution in [3.8, 4) is 17.2 Å². The smallest absolute Gasteiger partial charge is 0.202 e. The molecule has 14 heteroatoms. The van der Waals surface area contributed by atoms with Gasteiger partial charge in [0.15, 0.2) is 17.9 Å². The van der Waals surface area contributed by atoms with Crippen molar-refractivity contribution < 1.29 is 58.3 Å². The predicted octanol–water partition coefficient (Wildman–Crippen LogP) is -0.177. The molecule has 2 aromatic rings. The van der Waals surface area contributed by atoms with Gasteiger partial charge in [0.25, 0.3) is 0 Å². The summed E-state index contributed by atoms with van der Waals surface area (Å²) in [6, 6.07) is 3.61. The third-order valence-electron chi connectivity index (χ3n) is 8.24. The van der Waals surface area contributed by atoms with Gasteiger partial charge >= 0.3 is 0 Å². The van der Waals surface area contributed by atoms with Gasteiger partial charge in [-0.3, -0.25) is 23.3 Å². The largest absolute Gasteiger partial charge is 0.507 e. The Morgan fingerprint density at radius 3 is 2.44 bits per heavy atom. The molecule has 0 amide bonds. The maximum Gasteiger partial charge on any atom is 0.202 e. The van der Waals surface area contributed by atoms with Gasteiger partial charge in [0.2, 0.25) is 5.78 Å². The van der Waals surface area contributed by atoms with Crippen LogP contribution in [0.3, 0.4) is 0 Å². The number of aromatic hydroxyl groups is 2. The molecule has 2 aliphatic carbocycles. The molecule has 1 fully saturated rings. The third-order valence-corrected chi connectivity index (χ3v) is 9.19. The summed E-state index contributed by atoms with van der Waals surface area (Å²) in [5.41, 5.74) is -3.80. The molecule has 4 unspecified atom stereocenters. The summed E-state index contributed by atoms with van der Waals surface area (Å²) in [4.78, 5) is 40.1. The quantitative estimate of drug-likeness (QED) is 0.135. The summed E-state index contributed by atoms with van der Waals surface area (Å²) < 4.78 is 32.6. The van der Waals surface area contributed by atoms with E-state index in [4.69, 9.17) is 14.2 Å². The lowest BCUT2D eigenvalue weighted by Gasteiger charge is -2.43. The van der Waals surface area contributed by atoms with Gasteiger partial charge in [-0.15, -0.1) is 0 Å². The number of carbonyl (C=O) groups is 3. The molecule has 5 rings (SSSR count). The summed E-state index contributed by atoms with van der Waals surface area (Å²) in [6.07, 6.45) is -2.56. The molecule has 0 saturated carbocycles. The van der Waals surface area contributed by atoms with Crippen molar-refractivity contribution in [2.24, 2.45) is 0 Å². The lowest BCUT2D eigenvalue weighted by atomic mass is 9.72. The molecule has 0 bridgehead atoms. The van der Waals surface area contributed by atoms with E-state index in [0.29, 0.717) is 0 Å². The number of benzene rings is 2. The van der Waals surface area contributed by atoms with E-state index in [2.05, 4.69) is 4.72 Å². The molecule has 0 radical (unpaired) electrons. The van der Waals surface area contributed by atoms with Crippen molar-refractivity contribution in [1.82, 2.24) is 4.72 Å². The van der Waals surface area contributed by atoms with Gasteiger partial charge in [-0.25, -0.2) is 0 Å². The number of ketones is 3. The molecule has 0 spiro atoms. The van der Waals surface area contributed by atoms with Crippen LogP contribution < -0.4 is 9.46 Å². The van der Waals surface area contributed by atoms with Crippen LogP contribution in [0.1, 0.15) is 68.8 Å². The first-order valence-corrected chi connectivity index (χ1v) is 16.3. The van der Waals surface area contributed by atoms with E-state index in [0.717, 1.165) is 0 Å². The van der Waals surface area contributed by atoms with Crippen LogP contribution in [-0.2, 0) is 30.8 Å². The maximum atomic E-state index is 13.8. The lowest BCUT2D eigenvalue weighted by molar-refractivity contribution is -0.248. The van der Waals surface area contributed by atoms with Gasteiger partial charge in [0.05, 0.1) is 48.2 Å². The van der Waals surface area contributed by atoms with Crippen LogP contribution in [0.2, 0.25) is 0 Å². The van der Waals surface area contributed by atoms with E-state index in [1.807, 2.05) is 0 Å². The Hall–Kier alpha value is -3.24. The van der Waals surface area contributed by atoms with Gasteiger partial charge < -0.3 is 39.7 Å². The molecule has 0 aromatic heterocycles. The van der Waals surface area contributed by atoms with Gasteiger partial charge in [0.1, 0.15) is 29.5 Å². The van der Waals surface area contributed by atoms with E-state index in [1.165, 1.54) is 37.8 Å². The Bertz CT molecular complexity index is 1570. The molecular formula is C29H35NO12S. The molecule has 6 atom stereocenters. The van der Waals surface area contributed by atoms with Crippen molar-refractivity contribution in [2.45, 2.75) is 62.4 Å². The normalized spacial score (nSPS) is 29.0. The fourth-order valence-electron chi connectivity index (χ4n) is 6.24. The first kappa shape index (κ1) is 31.2. The highest BCUT2D eigenvalue weighted by Gasteiger charge is 2.50. The standard InChI is InChI=1S/C29H35NO12S/c1-12-24(33)15(30-43(3,4)39)8-19(41-12)42-17-10-29(38,18(32)11-31)9-14-21(17)28(37)23-22(26(14)35)25(34)13-6-5-7-16(40-2)20(13)27(23)36/h5-7,12,15,17,19,24,31,33,35,37-38,43H,8-11H2,1-4H3,(H,30,39)/t12?,15?,17-,19?,24?,29-/m0/s1. The minimum Gasteiger partial charge on any atom is -0.507 e. The Balaban J connectivity index is 1.64. The highest BCUT2D eigenvalue weighted by molar-refractivity contribution is 7.99. The van der Waals surface area contributed by atoms with Crippen LogP contribution >= 0.6 is 0 Å². The zero-order valence-electron chi connectivity index (χ0n) is 24.0. The number of methoxy groups -OCH3 is 1. The number of aliphatic hydroxyl groups excluding tert-OH is 2. The van der Waals surface area contributed by atoms with E-state index < -0.39 is 106 Å². The first-order valence-electron chi connectivity index (χ1n) is 13.7. The average molecular weight is 622 g/mol. The van der Waals surface area contributed by atoms with Crippen molar-refractivity contribution in [1.29, 1.82) is 0 Å².